The first-order chi connectivity index (χ1) is 16.9. The molecule has 0 radical (unpaired) electrons. The standard InChI is InChI=1S/C24H24ClFN4O5S/c1-5-20(26)22(15(3)25)23(32)29-17-10-21-24(28-11-17)35-18(12-27-16(4)31)13-30(21)36(33,34)19-8-6-7-14(2)9-19/h5-11,18H,1,3,12-13H2,2,4H3,(H,27,31)(H,29,32). The van der Waals surface area contributed by atoms with E-state index in [9.17, 15) is 22.4 Å². The quantitative estimate of drug-likeness (QED) is 0.395. The van der Waals surface area contributed by atoms with Gasteiger partial charge in [-0.3, -0.25) is 13.9 Å². The molecule has 3 rings (SSSR count). The van der Waals surface area contributed by atoms with Gasteiger partial charge in [0.05, 0.1) is 35.4 Å². The van der Waals surface area contributed by atoms with Crippen molar-refractivity contribution < 1.29 is 27.1 Å². The third-order valence-electron chi connectivity index (χ3n) is 5.08. The zero-order valence-electron chi connectivity index (χ0n) is 19.5. The van der Waals surface area contributed by atoms with Gasteiger partial charge in [0, 0.05) is 12.0 Å². The molecule has 1 unspecified atom stereocenters. The van der Waals surface area contributed by atoms with Crippen molar-refractivity contribution in [3.63, 3.8) is 0 Å². The molecule has 0 aliphatic carbocycles. The van der Waals surface area contributed by atoms with Crippen LogP contribution in [0.25, 0.3) is 0 Å². The predicted molar refractivity (Wildman–Crippen MR) is 135 cm³/mol. The summed E-state index contributed by atoms with van der Waals surface area (Å²) >= 11 is 5.77. The monoisotopic (exact) mass is 534 g/mol. The van der Waals surface area contributed by atoms with E-state index in [4.69, 9.17) is 16.3 Å². The molecular weight excluding hydrogens is 511 g/mol. The van der Waals surface area contributed by atoms with Gasteiger partial charge in [0.2, 0.25) is 11.8 Å². The van der Waals surface area contributed by atoms with Gasteiger partial charge >= 0.3 is 0 Å². The first-order valence-corrected chi connectivity index (χ1v) is 12.4. The highest BCUT2D eigenvalue weighted by Crippen LogP contribution is 2.37. The number of nitrogens with zero attached hydrogens (tertiary/aromatic N) is 2. The summed E-state index contributed by atoms with van der Waals surface area (Å²) in [5.41, 5.74) is 0.316. The van der Waals surface area contributed by atoms with Gasteiger partial charge in [0.1, 0.15) is 17.6 Å². The molecule has 9 nitrogen and oxygen atoms in total. The van der Waals surface area contributed by atoms with Crippen molar-refractivity contribution in [2.45, 2.75) is 24.8 Å². The fourth-order valence-electron chi connectivity index (χ4n) is 3.41. The summed E-state index contributed by atoms with van der Waals surface area (Å²) in [7, 11) is -4.09. The zero-order valence-corrected chi connectivity index (χ0v) is 21.1. The van der Waals surface area contributed by atoms with Crippen molar-refractivity contribution >= 4 is 44.8 Å². The second kappa shape index (κ2) is 10.9. The lowest BCUT2D eigenvalue weighted by molar-refractivity contribution is -0.119. The Kier molecular flexibility index (Phi) is 8.16. The number of hydrogen-bond donors (Lipinski definition) is 2. The minimum Gasteiger partial charge on any atom is -0.469 e. The largest absolute Gasteiger partial charge is 0.469 e. The lowest BCUT2D eigenvalue weighted by Crippen LogP contribution is -2.48. The van der Waals surface area contributed by atoms with Crippen LogP contribution in [0.4, 0.5) is 15.8 Å². The molecule has 36 heavy (non-hydrogen) atoms. The summed E-state index contributed by atoms with van der Waals surface area (Å²) < 4.78 is 48.2. The Morgan fingerprint density at radius 3 is 2.69 bits per heavy atom. The molecule has 1 aliphatic heterocycles. The van der Waals surface area contributed by atoms with Gasteiger partial charge in [-0.2, -0.15) is 0 Å². The van der Waals surface area contributed by atoms with Crippen molar-refractivity contribution in [2.24, 2.45) is 0 Å². The van der Waals surface area contributed by atoms with Crippen LogP contribution in [-0.2, 0) is 19.6 Å². The van der Waals surface area contributed by atoms with E-state index < -0.39 is 33.4 Å². The van der Waals surface area contributed by atoms with Gasteiger partial charge in [0.15, 0.2) is 0 Å². The lowest BCUT2D eigenvalue weighted by Gasteiger charge is -2.35. The van der Waals surface area contributed by atoms with E-state index in [1.807, 2.05) is 0 Å². The third kappa shape index (κ3) is 5.92. The number of fused-ring (bicyclic) bond motifs is 1. The summed E-state index contributed by atoms with van der Waals surface area (Å²) in [5.74, 6) is -2.24. The van der Waals surface area contributed by atoms with E-state index in [0.29, 0.717) is 0 Å². The maximum atomic E-state index is 14.1. The van der Waals surface area contributed by atoms with E-state index in [2.05, 4.69) is 28.8 Å². The van der Waals surface area contributed by atoms with Crippen LogP contribution >= 0.6 is 11.6 Å². The molecule has 1 atom stereocenters. The lowest BCUT2D eigenvalue weighted by atomic mass is 10.2. The maximum absolute atomic E-state index is 14.1. The average Bonchev–Trinajstić information content (AvgIpc) is 2.81. The molecule has 0 saturated heterocycles. The molecular formula is C24H24ClFN4O5S. The number of allylic oxidation sites excluding steroid dienone is 2. The third-order valence-corrected chi connectivity index (χ3v) is 7.04. The van der Waals surface area contributed by atoms with E-state index in [1.54, 1.807) is 19.1 Å². The molecule has 1 aromatic heterocycles. The van der Waals surface area contributed by atoms with Crippen LogP contribution in [0, 0.1) is 6.92 Å². The number of rotatable bonds is 8. The Balaban J connectivity index is 2.04. The van der Waals surface area contributed by atoms with Crippen LogP contribution in [0.15, 0.2) is 77.1 Å². The molecule has 2 aromatic rings. The highest BCUT2D eigenvalue weighted by atomic mass is 35.5. The number of sulfonamides is 1. The summed E-state index contributed by atoms with van der Waals surface area (Å²) in [6.45, 7) is 9.66. The van der Waals surface area contributed by atoms with Gasteiger partial charge in [-0.15, -0.1) is 0 Å². The molecule has 2 heterocycles. The van der Waals surface area contributed by atoms with Crippen LogP contribution in [0.5, 0.6) is 5.88 Å². The van der Waals surface area contributed by atoms with Gasteiger partial charge in [-0.1, -0.05) is 36.9 Å². The second-order valence-electron chi connectivity index (χ2n) is 7.86. The first kappa shape index (κ1) is 26.9. The highest BCUT2D eigenvalue weighted by molar-refractivity contribution is 7.92. The molecule has 0 fully saturated rings. The number of anilines is 2. The number of benzene rings is 1. The molecule has 0 bridgehead atoms. The smallest absolute Gasteiger partial charge is 0.264 e. The van der Waals surface area contributed by atoms with Crippen LogP contribution in [0.2, 0.25) is 0 Å². The molecule has 2 N–H and O–H groups in total. The Morgan fingerprint density at radius 1 is 1.36 bits per heavy atom. The van der Waals surface area contributed by atoms with Gasteiger partial charge in [-0.05, 0) is 36.8 Å². The van der Waals surface area contributed by atoms with Gasteiger partial charge in [-0.25, -0.2) is 17.8 Å². The first-order valence-electron chi connectivity index (χ1n) is 10.6. The minimum absolute atomic E-state index is 0.0272. The number of hydrogen-bond acceptors (Lipinski definition) is 6. The predicted octanol–water partition coefficient (Wildman–Crippen LogP) is 3.58. The fraction of sp³-hybridized carbons (Fsp3) is 0.208. The van der Waals surface area contributed by atoms with E-state index in [0.717, 1.165) is 15.9 Å². The summed E-state index contributed by atoms with van der Waals surface area (Å²) in [4.78, 5) is 28.2. The van der Waals surface area contributed by atoms with Crippen LogP contribution in [-0.4, -0.2) is 44.4 Å². The molecule has 1 aliphatic rings. The molecule has 1 aromatic carbocycles. The van der Waals surface area contributed by atoms with Crippen molar-refractivity contribution in [1.29, 1.82) is 0 Å². The van der Waals surface area contributed by atoms with Crippen molar-refractivity contribution in [3.05, 3.63) is 77.8 Å². The maximum Gasteiger partial charge on any atom is 0.264 e. The molecule has 2 amide bonds. The van der Waals surface area contributed by atoms with E-state index in [1.165, 1.54) is 31.3 Å². The van der Waals surface area contributed by atoms with Gasteiger partial charge in [0.25, 0.3) is 15.9 Å². The summed E-state index contributed by atoms with van der Waals surface area (Å²) in [6.07, 6.45) is 1.30. The minimum atomic E-state index is -4.09. The van der Waals surface area contributed by atoms with Gasteiger partial charge < -0.3 is 15.4 Å². The number of halogens is 2. The van der Waals surface area contributed by atoms with Crippen LogP contribution < -0.4 is 19.7 Å². The van der Waals surface area contributed by atoms with Crippen LogP contribution in [0.1, 0.15) is 12.5 Å². The number of amides is 2. The summed E-state index contributed by atoms with van der Waals surface area (Å²) in [6, 6.07) is 7.70. The number of aromatic nitrogens is 1. The second-order valence-corrected chi connectivity index (χ2v) is 10.2. The van der Waals surface area contributed by atoms with E-state index >= 15 is 0 Å². The molecule has 0 saturated carbocycles. The van der Waals surface area contributed by atoms with Crippen LogP contribution in [0.3, 0.4) is 0 Å². The van der Waals surface area contributed by atoms with Crippen molar-refractivity contribution in [2.75, 3.05) is 22.7 Å². The Morgan fingerprint density at radius 2 is 2.08 bits per heavy atom. The molecule has 0 spiro atoms. The SMILES string of the molecule is C=CC(F)=C(C(=C)Cl)C(=O)Nc1cnc2c(c1)N(S(=O)(=O)c1cccc(C)c1)CC(CNC(C)=O)O2. The fourth-order valence-corrected chi connectivity index (χ4v) is 5.18. The zero-order chi connectivity index (χ0) is 26.6. The van der Waals surface area contributed by atoms with E-state index in [-0.39, 0.29) is 46.2 Å². The normalized spacial score (nSPS) is 15.7. The molecule has 190 valence electrons. The number of carbonyl (C=O) groups excluding carboxylic acids is 2. The number of ether oxygens (including phenoxy) is 1. The Bertz CT molecular complexity index is 1380. The summed E-state index contributed by atoms with van der Waals surface area (Å²) in [5, 5.41) is 4.69. The number of aryl methyl sites for hydroxylation is 1. The Labute approximate surface area is 213 Å². The number of pyridine rings is 1. The molecule has 12 heteroatoms. The van der Waals surface area contributed by atoms with Crippen molar-refractivity contribution in [3.8, 4) is 5.88 Å². The average molecular weight is 535 g/mol. The highest BCUT2D eigenvalue weighted by Gasteiger charge is 2.36. The number of carbonyl (C=O) groups is 2. The number of nitrogens with one attached hydrogen (secondary N) is 2. The van der Waals surface area contributed by atoms with Crippen molar-refractivity contribution in [1.82, 2.24) is 10.3 Å². The Hall–Kier alpha value is -3.70. The topological polar surface area (TPSA) is 118 Å².